The average Bonchev–Trinajstić information content (AvgIpc) is 3.38. The van der Waals surface area contributed by atoms with Crippen LogP contribution in [0.15, 0.2) is 66.3 Å². The van der Waals surface area contributed by atoms with Crippen LogP contribution in [0.4, 0.5) is 10.1 Å². The van der Waals surface area contributed by atoms with E-state index in [1.54, 1.807) is 35.3 Å². The van der Waals surface area contributed by atoms with Crippen LogP contribution in [-0.4, -0.2) is 15.7 Å². The Morgan fingerprint density at radius 2 is 2.10 bits per heavy atom. The number of aromatic nitrogens is 2. The number of amides is 1. The first-order chi connectivity index (χ1) is 15.0. The number of carbonyl (C=O) groups is 1. The van der Waals surface area contributed by atoms with Crippen LogP contribution in [0.25, 0.3) is 0 Å². The van der Waals surface area contributed by atoms with Crippen LogP contribution in [0.1, 0.15) is 26.4 Å². The molecule has 4 aromatic rings. The van der Waals surface area contributed by atoms with Crippen molar-refractivity contribution >= 4 is 34.5 Å². The van der Waals surface area contributed by atoms with Crippen LogP contribution < -0.4 is 10.1 Å². The first kappa shape index (κ1) is 21.1. The lowest BCUT2D eigenvalue weighted by atomic mass is 10.2. The topological polar surface area (TPSA) is 56.1 Å². The van der Waals surface area contributed by atoms with Crippen molar-refractivity contribution in [2.75, 3.05) is 5.32 Å². The van der Waals surface area contributed by atoms with Gasteiger partial charge in [0.05, 0.1) is 23.3 Å². The molecule has 0 fully saturated rings. The minimum Gasteiger partial charge on any atom is -0.489 e. The van der Waals surface area contributed by atoms with Gasteiger partial charge in [0.15, 0.2) is 0 Å². The van der Waals surface area contributed by atoms with E-state index in [0.29, 0.717) is 28.7 Å². The largest absolute Gasteiger partial charge is 0.489 e. The van der Waals surface area contributed by atoms with Gasteiger partial charge in [-0.1, -0.05) is 23.7 Å². The molecule has 8 heteroatoms. The quantitative estimate of drug-likeness (QED) is 0.376. The highest BCUT2D eigenvalue weighted by Crippen LogP contribution is 2.23. The third-order valence-corrected chi connectivity index (χ3v) is 5.94. The van der Waals surface area contributed by atoms with E-state index in [0.717, 1.165) is 22.4 Å². The van der Waals surface area contributed by atoms with Gasteiger partial charge in [0.2, 0.25) is 0 Å². The van der Waals surface area contributed by atoms with Crippen molar-refractivity contribution in [3.63, 3.8) is 0 Å². The van der Waals surface area contributed by atoms with Crippen LogP contribution >= 0.6 is 22.9 Å². The molecule has 5 nitrogen and oxygen atoms in total. The van der Waals surface area contributed by atoms with E-state index in [2.05, 4.69) is 10.4 Å². The lowest BCUT2D eigenvalue weighted by Gasteiger charge is -2.06. The van der Waals surface area contributed by atoms with Gasteiger partial charge in [-0.05, 0) is 59.8 Å². The maximum atomic E-state index is 13.3. The molecule has 0 bridgehead atoms. The van der Waals surface area contributed by atoms with E-state index >= 15 is 0 Å². The molecule has 2 heterocycles. The van der Waals surface area contributed by atoms with E-state index in [4.69, 9.17) is 16.3 Å². The predicted octanol–water partition coefficient (Wildman–Crippen LogP) is 5.93. The molecule has 0 unspecified atom stereocenters. The zero-order valence-electron chi connectivity index (χ0n) is 16.6. The monoisotopic (exact) mass is 455 g/mol. The first-order valence-corrected chi connectivity index (χ1v) is 10.8. The average molecular weight is 456 g/mol. The summed E-state index contributed by atoms with van der Waals surface area (Å²) < 4.78 is 20.8. The molecule has 158 valence electrons. The number of carbonyl (C=O) groups excluding carboxylic acids is 1. The molecule has 0 aliphatic heterocycles. The standard InChI is InChI=1S/C23H19ClFN3O2S/c1-15-7-20(5-6-21(15)24)30-13-17-9-22(31-14-17)23(29)27-19-10-26-28(12-19)11-16-3-2-4-18(25)8-16/h2-10,12,14H,11,13H2,1H3,(H,27,29). The highest BCUT2D eigenvalue weighted by atomic mass is 35.5. The molecule has 4 rings (SSSR count). The summed E-state index contributed by atoms with van der Waals surface area (Å²) in [6.07, 6.45) is 3.28. The maximum Gasteiger partial charge on any atom is 0.265 e. The van der Waals surface area contributed by atoms with Crippen molar-refractivity contribution in [2.45, 2.75) is 20.1 Å². The fraction of sp³-hybridized carbons (Fsp3) is 0.130. The molecule has 0 aliphatic rings. The lowest BCUT2D eigenvalue weighted by molar-refractivity contribution is 0.103. The highest BCUT2D eigenvalue weighted by molar-refractivity contribution is 7.12. The molecule has 1 amide bonds. The number of hydrogen-bond acceptors (Lipinski definition) is 4. The summed E-state index contributed by atoms with van der Waals surface area (Å²) in [5, 5.41) is 9.65. The van der Waals surface area contributed by atoms with E-state index in [1.165, 1.54) is 23.5 Å². The second-order valence-electron chi connectivity index (χ2n) is 7.03. The van der Waals surface area contributed by atoms with E-state index in [9.17, 15) is 9.18 Å². The number of anilines is 1. The van der Waals surface area contributed by atoms with Crippen molar-refractivity contribution in [3.05, 3.63) is 98.7 Å². The third-order valence-electron chi connectivity index (χ3n) is 4.54. The molecule has 0 spiro atoms. The number of nitrogens with zero attached hydrogens (tertiary/aromatic N) is 2. The smallest absolute Gasteiger partial charge is 0.265 e. The van der Waals surface area contributed by atoms with Gasteiger partial charge in [0, 0.05) is 16.8 Å². The second kappa shape index (κ2) is 9.32. The van der Waals surface area contributed by atoms with Gasteiger partial charge < -0.3 is 10.1 Å². The minimum absolute atomic E-state index is 0.219. The highest BCUT2D eigenvalue weighted by Gasteiger charge is 2.11. The van der Waals surface area contributed by atoms with Gasteiger partial charge in [0.25, 0.3) is 5.91 Å². The fourth-order valence-electron chi connectivity index (χ4n) is 2.97. The molecule has 0 atom stereocenters. The Morgan fingerprint density at radius 3 is 2.90 bits per heavy atom. The van der Waals surface area contributed by atoms with E-state index in [-0.39, 0.29) is 11.7 Å². The van der Waals surface area contributed by atoms with Crippen LogP contribution in [-0.2, 0) is 13.2 Å². The Bertz CT molecular complexity index is 1220. The Morgan fingerprint density at radius 1 is 1.23 bits per heavy atom. The van der Waals surface area contributed by atoms with Gasteiger partial charge in [-0.25, -0.2) is 4.39 Å². The van der Waals surface area contributed by atoms with Crippen molar-refractivity contribution in [1.29, 1.82) is 0 Å². The van der Waals surface area contributed by atoms with Crippen molar-refractivity contribution in [1.82, 2.24) is 9.78 Å². The fourth-order valence-corrected chi connectivity index (χ4v) is 3.88. The maximum absolute atomic E-state index is 13.3. The zero-order valence-corrected chi connectivity index (χ0v) is 18.2. The van der Waals surface area contributed by atoms with Gasteiger partial charge in [-0.2, -0.15) is 5.10 Å². The summed E-state index contributed by atoms with van der Waals surface area (Å²) in [5.41, 5.74) is 3.22. The summed E-state index contributed by atoms with van der Waals surface area (Å²) in [6.45, 7) is 2.69. The number of rotatable bonds is 7. The zero-order chi connectivity index (χ0) is 21.8. The van der Waals surface area contributed by atoms with E-state index < -0.39 is 0 Å². The molecule has 0 radical (unpaired) electrons. The molecular formula is C23H19ClFN3O2S. The normalized spacial score (nSPS) is 10.8. The lowest BCUT2D eigenvalue weighted by Crippen LogP contribution is -2.09. The first-order valence-electron chi connectivity index (χ1n) is 9.51. The Balaban J connectivity index is 1.33. The van der Waals surface area contributed by atoms with Gasteiger partial charge in [-0.3, -0.25) is 9.48 Å². The molecule has 2 aromatic heterocycles. The SMILES string of the molecule is Cc1cc(OCc2csc(C(=O)Nc3cnn(Cc4cccc(F)c4)c3)c2)ccc1Cl. The van der Waals surface area contributed by atoms with E-state index in [1.807, 2.05) is 30.5 Å². The number of thiophene rings is 1. The summed E-state index contributed by atoms with van der Waals surface area (Å²) in [5.74, 6) is 0.218. The van der Waals surface area contributed by atoms with Crippen LogP contribution in [0.3, 0.4) is 0 Å². The Hall–Kier alpha value is -3.16. The molecule has 2 aromatic carbocycles. The number of nitrogens with one attached hydrogen (secondary N) is 1. The summed E-state index contributed by atoms with van der Waals surface area (Å²) in [4.78, 5) is 13.1. The molecule has 31 heavy (non-hydrogen) atoms. The van der Waals surface area contributed by atoms with Gasteiger partial charge in [0.1, 0.15) is 18.2 Å². The Kier molecular flexibility index (Phi) is 6.34. The van der Waals surface area contributed by atoms with Gasteiger partial charge in [-0.15, -0.1) is 11.3 Å². The Labute approximate surface area is 188 Å². The summed E-state index contributed by atoms with van der Waals surface area (Å²) in [7, 11) is 0. The molecule has 1 N–H and O–H groups in total. The third kappa shape index (κ3) is 5.51. The summed E-state index contributed by atoms with van der Waals surface area (Å²) >= 11 is 7.38. The second-order valence-corrected chi connectivity index (χ2v) is 8.35. The number of aryl methyl sites for hydroxylation is 1. The van der Waals surface area contributed by atoms with Gasteiger partial charge >= 0.3 is 0 Å². The van der Waals surface area contributed by atoms with Crippen molar-refractivity contribution in [3.8, 4) is 5.75 Å². The van der Waals surface area contributed by atoms with Crippen LogP contribution in [0.5, 0.6) is 5.75 Å². The van der Waals surface area contributed by atoms with Crippen LogP contribution in [0.2, 0.25) is 5.02 Å². The summed E-state index contributed by atoms with van der Waals surface area (Å²) in [6, 6.07) is 13.6. The number of hydrogen-bond donors (Lipinski definition) is 1. The minimum atomic E-state index is -0.290. The molecule has 0 saturated carbocycles. The number of benzene rings is 2. The molecule has 0 saturated heterocycles. The van der Waals surface area contributed by atoms with Crippen molar-refractivity contribution < 1.29 is 13.9 Å². The molecular weight excluding hydrogens is 437 g/mol. The van der Waals surface area contributed by atoms with Crippen molar-refractivity contribution in [2.24, 2.45) is 0 Å². The number of halogens is 2. The number of ether oxygens (including phenoxy) is 1. The van der Waals surface area contributed by atoms with Crippen LogP contribution in [0, 0.1) is 12.7 Å². The predicted molar refractivity (Wildman–Crippen MR) is 121 cm³/mol. The molecule has 0 aliphatic carbocycles.